The average Bonchev–Trinajstić information content (AvgIpc) is 3.07. The minimum absolute atomic E-state index is 0.165. The van der Waals surface area contributed by atoms with Gasteiger partial charge >= 0.3 is 0 Å². The Morgan fingerprint density at radius 3 is 2.67 bits per heavy atom. The summed E-state index contributed by atoms with van der Waals surface area (Å²) in [5.74, 6) is 1.72. The van der Waals surface area contributed by atoms with Crippen molar-refractivity contribution in [3.63, 3.8) is 0 Å². The van der Waals surface area contributed by atoms with Crippen LogP contribution in [0.2, 0.25) is 0 Å². The number of aryl methyl sites for hydroxylation is 1. The van der Waals surface area contributed by atoms with E-state index in [0.717, 1.165) is 21.9 Å². The van der Waals surface area contributed by atoms with Crippen molar-refractivity contribution in [2.45, 2.75) is 13.0 Å². The molecule has 0 saturated heterocycles. The molecule has 1 aliphatic rings. The predicted octanol–water partition coefficient (Wildman–Crippen LogP) is 3.91. The molecule has 1 N–H and O–H groups in total. The molecule has 2 heterocycles. The molecule has 1 aromatic heterocycles. The summed E-state index contributed by atoms with van der Waals surface area (Å²) in [6, 6.07) is 15.0. The SMILES string of the molecule is COc1ccc(-c2nc(NC(=O)C3COc4ccccc4O3)sc2C)cc1. The molecule has 0 radical (unpaired) electrons. The molecule has 2 aromatic carbocycles. The number of ether oxygens (including phenoxy) is 3. The van der Waals surface area contributed by atoms with Crippen molar-refractivity contribution >= 4 is 22.4 Å². The Hall–Kier alpha value is -3.06. The summed E-state index contributed by atoms with van der Waals surface area (Å²) in [5, 5.41) is 3.37. The van der Waals surface area contributed by atoms with E-state index in [1.807, 2.05) is 49.4 Å². The quantitative estimate of drug-likeness (QED) is 0.741. The molecule has 7 heteroatoms. The van der Waals surface area contributed by atoms with Crippen LogP contribution in [0.15, 0.2) is 48.5 Å². The Kier molecular flexibility index (Phi) is 4.68. The first kappa shape index (κ1) is 17.4. The van der Waals surface area contributed by atoms with Gasteiger partial charge in [0.2, 0.25) is 6.10 Å². The number of amides is 1. The Labute approximate surface area is 160 Å². The molecule has 0 fully saturated rings. The van der Waals surface area contributed by atoms with Crippen molar-refractivity contribution < 1.29 is 19.0 Å². The number of hydrogen-bond donors (Lipinski definition) is 1. The molecule has 1 unspecified atom stereocenters. The van der Waals surface area contributed by atoms with Crippen LogP contribution < -0.4 is 19.5 Å². The van der Waals surface area contributed by atoms with Gasteiger partial charge in [0.25, 0.3) is 5.91 Å². The zero-order valence-electron chi connectivity index (χ0n) is 14.9. The highest BCUT2D eigenvalue weighted by Gasteiger charge is 2.28. The second-order valence-electron chi connectivity index (χ2n) is 6.01. The number of anilines is 1. The fourth-order valence-electron chi connectivity index (χ4n) is 2.80. The first-order valence-electron chi connectivity index (χ1n) is 8.45. The van der Waals surface area contributed by atoms with E-state index in [-0.39, 0.29) is 12.5 Å². The Balaban J connectivity index is 1.48. The number of nitrogens with one attached hydrogen (secondary N) is 1. The van der Waals surface area contributed by atoms with Crippen molar-refractivity contribution in [3.05, 3.63) is 53.4 Å². The van der Waals surface area contributed by atoms with Crippen molar-refractivity contribution in [3.8, 4) is 28.5 Å². The minimum atomic E-state index is -0.714. The van der Waals surface area contributed by atoms with Crippen molar-refractivity contribution in [2.75, 3.05) is 19.0 Å². The summed E-state index contributed by atoms with van der Waals surface area (Å²) in [4.78, 5) is 18.1. The van der Waals surface area contributed by atoms with Crippen LogP contribution in [0.1, 0.15) is 4.88 Å². The third-order valence-electron chi connectivity index (χ3n) is 4.19. The lowest BCUT2D eigenvalue weighted by Crippen LogP contribution is -2.40. The van der Waals surface area contributed by atoms with E-state index in [0.29, 0.717) is 16.6 Å². The second-order valence-corrected chi connectivity index (χ2v) is 7.21. The largest absolute Gasteiger partial charge is 0.497 e. The molecule has 0 aliphatic carbocycles. The maximum absolute atomic E-state index is 12.6. The lowest BCUT2D eigenvalue weighted by Gasteiger charge is -2.25. The summed E-state index contributed by atoms with van der Waals surface area (Å²) in [5.41, 5.74) is 1.81. The lowest BCUT2D eigenvalue weighted by atomic mass is 10.1. The molecule has 1 aliphatic heterocycles. The van der Waals surface area contributed by atoms with E-state index in [1.54, 1.807) is 13.2 Å². The molecule has 1 amide bonds. The van der Waals surface area contributed by atoms with Gasteiger partial charge in [-0.15, -0.1) is 11.3 Å². The number of methoxy groups -OCH3 is 1. The molecule has 4 rings (SSSR count). The second kappa shape index (κ2) is 7.28. The Morgan fingerprint density at radius 1 is 1.19 bits per heavy atom. The molecule has 0 spiro atoms. The first-order valence-corrected chi connectivity index (χ1v) is 9.27. The molecular formula is C20H18N2O4S. The van der Waals surface area contributed by atoms with Gasteiger partial charge in [0, 0.05) is 10.4 Å². The monoisotopic (exact) mass is 382 g/mol. The van der Waals surface area contributed by atoms with Crippen LogP contribution in [0.3, 0.4) is 0 Å². The number of para-hydroxylation sites is 2. The van der Waals surface area contributed by atoms with Gasteiger partial charge in [-0.3, -0.25) is 10.1 Å². The van der Waals surface area contributed by atoms with E-state index in [9.17, 15) is 4.79 Å². The van der Waals surface area contributed by atoms with Crippen LogP contribution in [0, 0.1) is 6.92 Å². The first-order chi connectivity index (χ1) is 13.1. The number of aromatic nitrogens is 1. The van der Waals surface area contributed by atoms with E-state index in [1.165, 1.54) is 11.3 Å². The number of carbonyl (C=O) groups excluding carboxylic acids is 1. The maximum atomic E-state index is 12.6. The number of hydrogen-bond acceptors (Lipinski definition) is 6. The summed E-state index contributed by atoms with van der Waals surface area (Å²) >= 11 is 1.43. The number of thiazole rings is 1. The van der Waals surface area contributed by atoms with Crippen molar-refractivity contribution in [2.24, 2.45) is 0 Å². The molecule has 0 bridgehead atoms. The molecule has 27 heavy (non-hydrogen) atoms. The molecular weight excluding hydrogens is 364 g/mol. The molecule has 6 nitrogen and oxygen atoms in total. The average molecular weight is 382 g/mol. The fraction of sp³-hybridized carbons (Fsp3) is 0.200. The van der Waals surface area contributed by atoms with Crippen LogP contribution in [0.4, 0.5) is 5.13 Å². The highest BCUT2D eigenvalue weighted by molar-refractivity contribution is 7.16. The van der Waals surface area contributed by atoms with Crippen molar-refractivity contribution in [1.82, 2.24) is 4.98 Å². The van der Waals surface area contributed by atoms with Gasteiger partial charge in [-0.2, -0.15) is 0 Å². The number of fused-ring (bicyclic) bond motifs is 1. The molecule has 3 aromatic rings. The van der Waals surface area contributed by atoms with Crippen LogP contribution >= 0.6 is 11.3 Å². The normalized spacial score (nSPS) is 15.3. The fourth-order valence-corrected chi connectivity index (χ4v) is 3.64. The van der Waals surface area contributed by atoms with Gasteiger partial charge in [0.05, 0.1) is 12.8 Å². The van der Waals surface area contributed by atoms with Crippen molar-refractivity contribution in [1.29, 1.82) is 0 Å². The molecule has 138 valence electrons. The highest BCUT2D eigenvalue weighted by Crippen LogP contribution is 2.33. The van der Waals surface area contributed by atoms with Crippen LogP contribution in [-0.2, 0) is 4.79 Å². The lowest BCUT2D eigenvalue weighted by molar-refractivity contribution is -0.125. The summed E-state index contributed by atoms with van der Waals surface area (Å²) in [7, 11) is 1.63. The van der Waals surface area contributed by atoms with E-state index < -0.39 is 6.10 Å². The van der Waals surface area contributed by atoms with Crippen LogP contribution in [0.5, 0.6) is 17.2 Å². The third-order valence-corrected chi connectivity index (χ3v) is 5.08. The predicted molar refractivity (Wildman–Crippen MR) is 104 cm³/mol. The third kappa shape index (κ3) is 3.59. The van der Waals surface area contributed by atoms with E-state index >= 15 is 0 Å². The van der Waals surface area contributed by atoms with Crippen LogP contribution in [0.25, 0.3) is 11.3 Å². The maximum Gasteiger partial charge on any atom is 0.270 e. The zero-order chi connectivity index (χ0) is 18.8. The number of rotatable bonds is 4. The minimum Gasteiger partial charge on any atom is -0.497 e. The standard InChI is InChI=1S/C20H18N2O4S/c1-12-18(13-7-9-14(24-2)10-8-13)21-20(27-12)22-19(23)17-11-25-15-5-3-4-6-16(15)26-17/h3-10,17H,11H2,1-2H3,(H,21,22,23). The summed E-state index contributed by atoms with van der Waals surface area (Å²) in [6.07, 6.45) is -0.714. The highest BCUT2D eigenvalue weighted by atomic mass is 32.1. The Bertz CT molecular complexity index is 968. The topological polar surface area (TPSA) is 69.7 Å². The van der Waals surface area contributed by atoms with Gasteiger partial charge in [0.1, 0.15) is 12.4 Å². The van der Waals surface area contributed by atoms with E-state index in [4.69, 9.17) is 14.2 Å². The molecule has 0 saturated carbocycles. The van der Waals surface area contributed by atoms with Gasteiger partial charge in [-0.25, -0.2) is 4.98 Å². The van der Waals surface area contributed by atoms with Gasteiger partial charge in [0.15, 0.2) is 16.6 Å². The Morgan fingerprint density at radius 2 is 1.93 bits per heavy atom. The summed E-state index contributed by atoms with van der Waals surface area (Å²) < 4.78 is 16.5. The van der Waals surface area contributed by atoms with Crippen LogP contribution in [-0.4, -0.2) is 30.7 Å². The number of benzene rings is 2. The summed E-state index contributed by atoms with van der Waals surface area (Å²) in [6.45, 7) is 2.14. The van der Waals surface area contributed by atoms with E-state index in [2.05, 4.69) is 10.3 Å². The van der Waals surface area contributed by atoms with Gasteiger partial charge < -0.3 is 14.2 Å². The molecule has 1 atom stereocenters. The number of carbonyl (C=O) groups is 1. The number of nitrogens with zero attached hydrogens (tertiary/aromatic N) is 1. The smallest absolute Gasteiger partial charge is 0.270 e. The van der Waals surface area contributed by atoms with Gasteiger partial charge in [-0.05, 0) is 43.3 Å². The van der Waals surface area contributed by atoms with Gasteiger partial charge in [-0.1, -0.05) is 12.1 Å². The zero-order valence-corrected chi connectivity index (χ0v) is 15.7.